The summed E-state index contributed by atoms with van der Waals surface area (Å²) in [6, 6.07) is 13.6. The fourth-order valence-electron chi connectivity index (χ4n) is 5.26. The molecule has 0 atom stereocenters. The molecule has 0 bridgehead atoms. The summed E-state index contributed by atoms with van der Waals surface area (Å²) in [4.78, 5) is 29.0. The lowest BCUT2D eigenvalue weighted by Crippen LogP contribution is -2.46. The lowest BCUT2D eigenvalue weighted by molar-refractivity contribution is -0.134. The number of aromatic nitrogens is 1. The Hall–Kier alpha value is -3.81. The third-order valence-corrected chi connectivity index (χ3v) is 8.38. The molecule has 0 saturated carbocycles. The number of benzene rings is 2. The summed E-state index contributed by atoms with van der Waals surface area (Å²) in [6.45, 7) is 20.2. The van der Waals surface area contributed by atoms with Crippen molar-refractivity contribution in [2.45, 2.75) is 60.9 Å². The van der Waals surface area contributed by atoms with Crippen LogP contribution in [0.15, 0.2) is 54.7 Å². The van der Waals surface area contributed by atoms with Gasteiger partial charge in [-0.1, -0.05) is 12.1 Å². The van der Waals surface area contributed by atoms with Gasteiger partial charge in [0.15, 0.2) is 0 Å². The molecular weight excluding hydrogens is 526 g/mol. The summed E-state index contributed by atoms with van der Waals surface area (Å²) in [5, 5.41) is 15.6. The molecule has 0 spiro atoms. The first-order chi connectivity index (χ1) is 19.9. The second kappa shape index (κ2) is 15.4. The Balaban J connectivity index is 0.000000531. The summed E-state index contributed by atoms with van der Waals surface area (Å²) in [6.07, 6.45) is 5.52. The van der Waals surface area contributed by atoms with Crippen molar-refractivity contribution in [1.29, 1.82) is 0 Å². The molecule has 1 aromatic heterocycles. The standard InChI is InChI=1S/C31H41N3.C4H4O4/c1-22-9-10-29(27(6)26(22)5)8-7-13-33-14-16-34(17-15-33)21-28-11-12-32-31(20-28)30-18-23(2)25(4)24(3)19-30;5-3(6)1-2-4(7)8/h9-12,18-20H,7-8,13-17,21H2,1-6H3;1-2H,(H,5,6)(H,7,8)/b;2-1-. The Morgan fingerprint density at radius 3 is 1.95 bits per heavy atom. The first kappa shape index (κ1) is 32.7. The smallest absolute Gasteiger partial charge is 0.328 e. The first-order valence-electron chi connectivity index (χ1n) is 14.6. The molecule has 0 amide bonds. The van der Waals surface area contributed by atoms with Crippen LogP contribution in [0.1, 0.15) is 50.9 Å². The number of rotatable bonds is 9. The topological polar surface area (TPSA) is 94.0 Å². The largest absolute Gasteiger partial charge is 0.478 e. The zero-order valence-electron chi connectivity index (χ0n) is 25.9. The molecule has 2 N–H and O–H groups in total. The van der Waals surface area contributed by atoms with Crippen molar-refractivity contribution in [2.75, 3.05) is 32.7 Å². The third-order valence-electron chi connectivity index (χ3n) is 8.38. The van der Waals surface area contributed by atoms with E-state index in [4.69, 9.17) is 10.2 Å². The van der Waals surface area contributed by atoms with Gasteiger partial charge in [0.2, 0.25) is 0 Å². The van der Waals surface area contributed by atoms with Crippen LogP contribution >= 0.6 is 0 Å². The molecule has 0 radical (unpaired) electrons. The number of aliphatic carboxylic acids is 2. The average Bonchev–Trinajstić information content (AvgIpc) is 2.96. The van der Waals surface area contributed by atoms with Gasteiger partial charge in [-0.3, -0.25) is 9.88 Å². The highest BCUT2D eigenvalue weighted by Gasteiger charge is 2.17. The number of pyridine rings is 1. The lowest BCUT2D eigenvalue weighted by atomic mass is 9.96. The maximum absolute atomic E-state index is 9.55. The van der Waals surface area contributed by atoms with Crippen molar-refractivity contribution in [2.24, 2.45) is 0 Å². The zero-order chi connectivity index (χ0) is 30.8. The highest BCUT2D eigenvalue weighted by molar-refractivity contribution is 5.89. The van der Waals surface area contributed by atoms with Gasteiger partial charge in [-0.25, -0.2) is 9.59 Å². The van der Waals surface area contributed by atoms with Gasteiger partial charge in [-0.2, -0.15) is 0 Å². The number of nitrogens with zero attached hydrogens (tertiary/aromatic N) is 3. The van der Waals surface area contributed by atoms with Crippen LogP contribution in [0.2, 0.25) is 0 Å². The average molecular weight is 572 g/mol. The Morgan fingerprint density at radius 1 is 0.762 bits per heavy atom. The predicted molar refractivity (Wildman–Crippen MR) is 169 cm³/mol. The summed E-state index contributed by atoms with van der Waals surface area (Å²) < 4.78 is 0. The van der Waals surface area contributed by atoms with Crippen molar-refractivity contribution in [3.8, 4) is 11.3 Å². The van der Waals surface area contributed by atoms with E-state index in [0.29, 0.717) is 12.2 Å². The van der Waals surface area contributed by atoms with Crippen LogP contribution in [0.25, 0.3) is 11.3 Å². The number of piperazine rings is 1. The van der Waals surface area contributed by atoms with Gasteiger partial charge >= 0.3 is 11.9 Å². The van der Waals surface area contributed by atoms with Gasteiger partial charge in [-0.05, 0) is 130 Å². The Kier molecular flexibility index (Phi) is 12.0. The highest BCUT2D eigenvalue weighted by atomic mass is 16.4. The van der Waals surface area contributed by atoms with Gasteiger partial charge < -0.3 is 15.1 Å². The molecule has 1 saturated heterocycles. The number of hydrogen-bond donors (Lipinski definition) is 2. The quantitative estimate of drug-likeness (QED) is 0.302. The van der Waals surface area contributed by atoms with Crippen LogP contribution in [-0.4, -0.2) is 69.7 Å². The van der Waals surface area contributed by atoms with Crippen molar-refractivity contribution >= 4 is 11.9 Å². The molecule has 2 heterocycles. The number of carbonyl (C=O) groups is 2. The second-order valence-electron chi connectivity index (χ2n) is 11.3. The maximum atomic E-state index is 9.55. The number of carboxylic acids is 2. The van der Waals surface area contributed by atoms with Gasteiger partial charge in [0.25, 0.3) is 0 Å². The van der Waals surface area contributed by atoms with Gasteiger partial charge in [0.05, 0.1) is 5.69 Å². The molecule has 4 rings (SSSR count). The fourth-order valence-corrected chi connectivity index (χ4v) is 5.26. The molecule has 0 aliphatic carbocycles. The highest BCUT2D eigenvalue weighted by Crippen LogP contribution is 2.25. The van der Waals surface area contributed by atoms with Crippen molar-refractivity contribution in [3.05, 3.63) is 99.3 Å². The van der Waals surface area contributed by atoms with E-state index in [0.717, 1.165) is 25.3 Å². The van der Waals surface area contributed by atoms with Crippen LogP contribution in [0, 0.1) is 41.5 Å². The molecule has 2 aromatic carbocycles. The Morgan fingerprint density at radius 2 is 1.36 bits per heavy atom. The summed E-state index contributed by atoms with van der Waals surface area (Å²) in [5.74, 6) is -2.51. The van der Waals surface area contributed by atoms with Gasteiger partial charge in [-0.15, -0.1) is 0 Å². The first-order valence-corrected chi connectivity index (χ1v) is 14.6. The minimum Gasteiger partial charge on any atom is -0.478 e. The van der Waals surface area contributed by atoms with E-state index in [2.05, 4.69) is 92.7 Å². The molecule has 1 aliphatic rings. The molecule has 1 aliphatic heterocycles. The van der Waals surface area contributed by atoms with Crippen molar-refractivity contribution in [3.63, 3.8) is 0 Å². The van der Waals surface area contributed by atoms with Gasteiger partial charge in [0.1, 0.15) is 0 Å². The van der Waals surface area contributed by atoms with Crippen LogP contribution < -0.4 is 0 Å². The molecule has 7 heteroatoms. The molecule has 0 unspecified atom stereocenters. The molecule has 224 valence electrons. The summed E-state index contributed by atoms with van der Waals surface area (Å²) in [5.41, 5.74) is 13.6. The number of aryl methyl sites for hydroxylation is 4. The van der Waals surface area contributed by atoms with Crippen molar-refractivity contribution < 1.29 is 19.8 Å². The number of hydrogen-bond acceptors (Lipinski definition) is 5. The van der Waals surface area contributed by atoms with Gasteiger partial charge in [0, 0.05) is 56.6 Å². The molecule has 1 fully saturated rings. The van der Waals surface area contributed by atoms with Crippen LogP contribution in [0.5, 0.6) is 0 Å². The monoisotopic (exact) mass is 571 g/mol. The van der Waals surface area contributed by atoms with E-state index in [1.807, 2.05) is 6.20 Å². The minimum absolute atomic E-state index is 0.558. The molecular formula is C35H45N3O4. The van der Waals surface area contributed by atoms with Crippen molar-refractivity contribution in [1.82, 2.24) is 14.8 Å². The van der Waals surface area contributed by atoms with Crippen LogP contribution in [-0.2, 0) is 22.6 Å². The minimum atomic E-state index is -1.26. The summed E-state index contributed by atoms with van der Waals surface area (Å²) >= 11 is 0. The van der Waals surface area contributed by atoms with E-state index >= 15 is 0 Å². The van der Waals surface area contributed by atoms with E-state index in [1.54, 1.807) is 0 Å². The zero-order valence-corrected chi connectivity index (χ0v) is 25.9. The third kappa shape index (κ3) is 9.64. The normalized spacial score (nSPS) is 14.0. The molecule has 7 nitrogen and oxygen atoms in total. The number of carboxylic acid groups (broad SMARTS) is 2. The summed E-state index contributed by atoms with van der Waals surface area (Å²) in [7, 11) is 0. The Bertz CT molecular complexity index is 1380. The lowest BCUT2D eigenvalue weighted by Gasteiger charge is -2.34. The SMILES string of the molecule is Cc1cc(-c2cc(CN3CCN(CCCc4ccc(C)c(C)c4C)CC3)ccn2)cc(C)c1C.O=C(O)/C=C\C(=O)O. The maximum Gasteiger partial charge on any atom is 0.328 e. The molecule has 3 aromatic rings. The Labute approximate surface area is 250 Å². The van der Waals surface area contributed by atoms with E-state index in [1.165, 1.54) is 82.5 Å². The van der Waals surface area contributed by atoms with Crippen LogP contribution in [0.4, 0.5) is 0 Å². The second-order valence-corrected chi connectivity index (χ2v) is 11.3. The molecule has 42 heavy (non-hydrogen) atoms. The van der Waals surface area contributed by atoms with Crippen LogP contribution in [0.3, 0.4) is 0 Å². The van der Waals surface area contributed by atoms with E-state index in [-0.39, 0.29) is 0 Å². The van der Waals surface area contributed by atoms with E-state index < -0.39 is 11.9 Å². The predicted octanol–water partition coefficient (Wildman–Crippen LogP) is 6.06. The fraction of sp³-hybridized carbons (Fsp3) is 0.400. The van der Waals surface area contributed by atoms with E-state index in [9.17, 15) is 9.59 Å².